The molecule has 0 fully saturated rings. The summed E-state index contributed by atoms with van der Waals surface area (Å²) in [7, 11) is 1.84. The zero-order valence-corrected chi connectivity index (χ0v) is 14.7. The number of aromatic nitrogens is 2. The number of nitrogens with one attached hydrogen (secondary N) is 1. The Labute approximate surface area is 132 Å². The molecule has 0 bridgehead atoms. The number of hydrogen-bond donors (Lipinski definition) is 2. The van der Waals surface area contributed by atoms with Crippen LogP contribution in [0.4, 0.5) is 0 Å². The molecule has 6 heteroatoms. The van der Waals surface area contributed by atoms with Crippen molar-refractivity contribution in [2.24, 2.45) is 18.4 Å². The van der Waals surface area contributed by atoms with Crippen LogP contribution in [-0.4, -0.2) is 40.0 Å². The van der Waals surface area contributed by atoms with E-state index in [1.807, 2.05) is 48.6 Å². The van der Waals surface area contributed by atoms with E-state index in [4.69, 9.17) is 4.74 Å². The van der Waals surface area contributed by atoms with Crippen molar-refractivity contribution in [3.05, 3.63) is 11.4 Å². The summed E-state index contributed by atoms with van der Waals surface area (Å²) < 4.78 is 7.29. The molecule has 0 aromatic carbocycles. The van der Waals surface area contributed by atoms with Crippen LogP contribution in [0, 0.1) is 25.2 Å². The van der Waals surface area contributed by atoms with Gasteiger partial charge in [0.15, 0.2) is 12.4 Å². The highest BCUT2D eigenvalue weighted by Crippen LogP contribution is 2.25. The van der Waals surface area contributed by atoms with Gasteiger partial charge in [-0.1, -0.05) is 27.7 Å². The molecule has 2 N–H and O–H groups in total. The third-order valence-corrected chi connectivity index (χ3v) is 3.96. The molecule has 0 aliphatic rings. The molecule has 22 heavy (non-hydrogen) atoms. The Morgan fingerprint density at radius 1 is 1.41 bits per heavy atom. The van der Waals surface area contributed by atoms with E-state index in [0.717, 1.165) is 11.4 Å². The Kier molecular flexibility index (Phi) is 6.00. The Balaban J connectivity index is 2.51. The fourth-order valence-corrected chi connectivity index (χ4v) is 2.49. The summed E-state index contributed by atoms with van der Waals surface area (Å²) in [6, 6.07) is 0. The summed E-state index contributed by atoms with van der Waals surface area (Å²) in [5.41, 5.74) is 1.27. The predicted octanol–water partition coefficient (Wildman–Crippen LogP) is 1.58. The number of rotatable bonds is 7. The number of aliphatic hydroxyl groups excluding tert-OH is 1. The molecular weight excluding hydrogens is 282 g/mol. The zero-order chi connectivity index (χ0) is 17.1. The van der Waals surface area contributed by atoms with Crippen molar-refractivity contribution in [2.45, 2.75) is 47.6 Å². The van der Waals surface area contributed by atoms with Gasteiger partial charge < -0.3 is 15.2 Å². The summed E-state index contributed by atoms with van der Waals surface area (Å²) in [6.45, 7) is 11.9. The second-order valence-corrected chi connectivity index (χ2v) is 6.87. The lowest BCUT2D eigenvalue weighted by molar-refractivity contribution is -0.124. The Morgan fingerprint density at radius 3 is 2.45 bits per heavy atom. The Hall–Kier alpha value is -1.56. The smallest absolute Gasteiger partial charge is 0.257 e. The first-order chi connectivity index (χ1) is 10.1. The van der Waals surface area contributed by atoms with Gasteiger partial charge in [-0.25, -0.2) is 0 Å². The summed E-state index contributed by atoms with van der Waals surface area (Å²) in [4.78, 5) is 11.9. The van der Waals surface area contributed by atoms with Crippen LogP contribution in [0.5, 0.6) is 5.75 Å². The van der Waals surface area contributed by atoms with Gasteiger partial charge in [0.05, 0.1) is 11.8 Å². The van der Waals surface area contributed by atoms with Crippen LogP contribution in [0.1, 0.15) is 39.1 Å². The molecule has 0 aliphatic carbocycles. The predicted molar refractivity (Wildman–Crippen MR) is 85.8 cm³/mol. The van der Waals surface area contributed by atoms with Gasteiger partial charge in [-0.15, -0.1) is 0 Å². The van der Waals surface area contributed by atoms with Crippen molar-refractivity contribution in [1.82, 2.24) is 15.1 Å². The maximum Gasteiger partial charge on any atom is 0.257 e. The third-order valence-electron chi connectivity index (χ3n) is 3.96. The largest absolute Gasteiger partial charge is 0.480 e. The lowest BCUT2D eigenvalue weighted by Gasteiger charge is -2.33. The number of aliphatic hydroxyl groups is 1. The van der Waals surface area contributed by atoms with Gasteiger partial charge in [0.25, 0.3) is 5.91 Å². The number of carbonyl (C=O) groups excluding carboxylic acids is 1. The van der Waals surface area contributed by atoms with Crippen LogP contribution >= 0.6 is 0 Å². The molecule has 0 saturated heterocycles. The SMILES string of the molecule is Cc1nn(C)c(C)c1OCC(=O)NCC(C)(C)C(O)C(C)C. The van der Waals surface area contributed by atoms with Crippen molar-refractivity contribution in [2.75, 3.05) is 13.2 Å². The average molecular weight is 311 g/mol. The van der Waals surface area contributed by atoms with E-state index in [9.17, 15) is 9.90 Å². The van der Waals surface area contributed by atoms with Crippen LogP contribution in [-0.2, 0) is 11.8 Å². The number of nitrogens with zero attached hydrogens (tertiary/aromatic N) is 2. The lowest BCUT2D eigenvalue weighted by Crippen LogP contribution is -2.44. The summed E-state index contributed by atoms with van der Waals surface area (Å²) >= 11 is 0. The van der Waals surface area contributed by atoms with E-state index in [-0.39, 0.29) is 23.8 Å². The van der Waals surface area contributed by atoms with Crippen molar-refractivity contribution in [1.29, 1.82) is 0 Å². The molecule has 1 atom stereocenters. The highest BCUT2D eigenvalue weighted by molar-refractivity contribution is 5.77. The standard InChI is InChI=1S/C16H29N3O3/c1-10(2)15(21)16(5,6)9-17-13(20)8-22-14-11(3)18-19(7)12(14)4/h10,15,21H,8-9H2,1-7H3,(H,17,20). The first-order valence-electron chi connectivity index (χ1n) is 7.64. The van der Waals surface area contributed by atoms with Gasteiger partial charge in [0.2, 0.25) is 0 Å². The van der Waals surface area contributed by atoms with Crippen LogP contribution in [0.2, 0.25) is 0 Å². The van der Waals surface area contributed by atoms with Crippen LogP contribution in [0.3, 0.4) is 0 Å². The van der Waals surface area contributed by atoms with E-state index in [1.165, 1.54) is 0 Å². The second-order valence-electron chi connectivity index (χ2n) is 6.87. The van der Waals surface area contributed by atoms with Crippen molar-refractivity contribution < 1.29 is 14.6 Å². The molecule has 6 nitrogen and oxygen atoms in total. The summed E-state index contributed by atoms with van der Waals surface area (Å²) in [5.74, 6) is 0.592. The van der Waals surface area contributed by atoms with Gasteiger partial charge in [0.1, 0.15) is 5.69 Å². The Morgan fingerprint density at radius 2 is 2.00 bits per heavy atom. The molecule has 0 saturated carbocycles. The first-order valence-corrected chi connectivity index (χ1v) is 7.64. The van der Waals surface area contributed by atoms with Crippen molar-refractivity contribution >= 4 is 5.91 Å². The number of aryl methyl sites for hydroxylation is 2. The third kappa shape index (κ3) is 4.47. The fourth-order valence-electron chi connectivity index (χ4n) is 2.49. The number of amides is 1. The van der Waals surface area contributed by atoms with E-state index < -0.39 is 6.10 Å². The molecule has 0 spiro atoms. The number of carbonyl (C=O) groups is 1. The molecule has 1 rings (SSSR count). The van der Waals surface area contributed by atoms with Gasteiger partial charge in [-0.05, 0) is 19.8 Å². The van der Waals surface area contributed by atoms with Gasteiger partial charge >= 0.3 is 0 Å². The molecular formula is C16H29N3O3. The minimum atomic E-state index is -0.475. The molecule has 1 aromatic heterocycles. The zero-order valence-electron chi connectivity index (χ0n) is 14.7. The highest BCUT2D eigenvalue weighted by atomic mass is 16.5. The monoisotopic (exact) mass is 311 g/mol. The first kappa shape index (κ1) is 18.5. The second kappa shape index (κ2) is 7.13. The minimum absolute atomic E-state index is 0.0543. The van der Waals surface area contributed by atoms with Crippen molar-refractivity contribution in [3.8, 4) is 5.75 Å². The fraction of sp³-hybridized carbons (Fsp3) is 0.750. The maximum atomic E-state index is 11.9. The highest BCUT2D eigenvalue weighted by Gasteiger charge is 2.30. The Bertz CT molecular complexity index is 521. The molecule has 1 aromatic rings. The van der Waals surface area contributed by atoms with Gasteiger partial charge in [-0.3, -0.25) is 9.48 Å². The van der Waals surface area contributed by atoms with Crippen molar-refractivity contribution in [3.63, 3.8) is 0 Å². The topological polar surface area (TPSA) is 76.4 Å². The molecule has 1 unspecified atom stereocenters. The minimum Gasteiger partial charge on any atom is -0.480 e. The molecule has 1 heterocycles. The molecule has 0 aliphatic heterocycles. The summed E-state index contributed by atoms with van der Waals surface area (Å²) in [6.07, 6.45) is -0.475. The molecule has 0 radical (unpaired) electrons. The number of ether oxygens (including phenoxy) is 1. The van der Waals surface area contributed by atoms with Crippen LogP contribution in [0.25, 0.3) is 0 Å². The van der Waals surface area contributed by atoms with E-state index in [2.05, 4.69) is 10.4 Å². The van der Waals surface area contributed by atoms with Gasteiger partial charge in [-0.2, -0.15) is 5.10 Å². The summed E-state index contributed by atoms with van der Waals surface area (Å²) in [5, 5.41) is 17.2. The average Bonchev–Trinajstić information content (AvgIpc) is 2.67. The van der Waals surface area contributed by atoms with Gasteiger partial charge in [0, 0.05) is 19.0 Å². The van der Waals surface area contributed by atoms with E-state index in [1.54, 1.807) is 4.68 Å². The quantitative estimate of drug-likeness (QED) is 0.801. The maximum absolute atomic E-state index is 11.9. The number of hydrogen-bond acceptors (Lipinski definition) is 4. The molecule has 126 valence electrons. The molecule has 1 amide bonds. The van der Waals surface area contributed by atoms with E-state index in [0.29, 0.717) is 12.3 Å². The lowest BCUT2D eigenvalue weighted by atomic mass is 9.81. The van der Waals surface area contributed by atoms with Crippen LogP contribution in [0.15, 0.2) is 0 Å². The van der Waals surface area contributed by atoms with Crippen LogP contribution < -0.4 is 10.1 Å². The van der Waals surface area contributed by atoms with E-state index >= 15 is 0 Å². The normalized spacial score (nSPS) is 13.3.